The van der Waals surface area contributed by atoms with Crippen LogP contribution in [0.15, 0.2) is 29.1 Å². The lowest BCUT2D eigenvalue weighted by molar-refractivity contribution is -0.384. The number of aromatic amines is 1. The average molecular weight is 354 g/mol. The van der Waals surface area contributed by atoms with Crippen LogP contribution in [0.1, 0.15) is 22.6 Å². The van der Waals surface area contributed by atoms with E-state index in [0.717, 1.165) is 0 Å². The lowest BCUT2D eigenvalue weighted by atomic mass is 10.1. The molecule has 0 unspecified atom stereocenters. The molecule has 0 radical (unpaired) electrons. The summed E-state index contributed by atoms with van der Waals surface area (Å²) in [6, 6.07) is 6.10. The molecule has 1 aliphatic heterocycles. The third-order valence-electron chi connectivity index (χ3n) is 3.94. The maximum Gasteiger partial charge on any atom is 0.449 e. The van der Waals surface area contributed by atoms with Crippen molar-refractivity contribution >= 4 is 5.69 Å². The molecule has 1 N–H and O–H groups in total. The zero-order valence-electron chi connectivity index (χ0n) is 12.8. The number of nitrogens with one attached hydrogen (secondary N) is 1. The van der Waals surface area contributed by atoms with Crippen molar-refractivity contribution in [3.63, 3.8) is 0 Å². The van der Waals surface area contributed by atoms with Crippen molar-refractivity contribution in [1.29, 1.82) is 0 Å². The standard InChI is InChI=1S/C15H13F3N4O3/c16-15(17,18)14-19-12-4-5-21(8-11(12)13(23)20-14)7-9-2-1-3-10(6-9)22(24)25/h1-3,6H,4-5,7-8H2,(H,19,20,23). The number of nitrogens with zero attached hydrogens (tertiary/aromatic N) is 3. The summed E-state index contributed by atoms with van der Waals surface area (Å²) in [6.07, 6.45) is -4.49. The number of aromatic nitrogens is 2. The third-order valence-corrected chi connectivity index (χ3v) is 3.94. The van der Waals surface area contributed by atoms with Gasteiger partial charge in [0, 0.05) is 38.2 Å². The summed E-state index contributed by atoms with van der Waals surface area (Å²) >= 11 is 0. The van der Waals surface area contributed by atoms with E-state index in [4.69, 9.17) is 0 Å². The highest BCUT2D eigenvalue weighted by Crippen LogP contribution is 2.27. The second kappa shape index (κ2) is 6.28. The van der Waals surface area contributed by atoms with Crippen LogP contribution in [0.25, 0.3) is 0 Å². The van der Waals surface area contributed by atoms with Gasteiger partial charge in [0.15, 0.2) is 0 Å². The molecule has 0 saturated heterocycles. The largest absolute Gasteiger partial charge is 0.449 e. The fraction of sp³-hybridized carbons (Fsp3) is 0.333. The monoisotopic (exact) mass is 354 g/mol. The van der Waals surface area contributed by atoms with Crippen LogP contribution < -0.4 is 5.56 Å². The smallest absolute Gasteiger partial charge is 0.303 e. The first-order chi connectivity index (χ1) is 11.7. The topological polar surface area (TPSA) is 92.1 Å². The number of alkyl halides is 3. The van der Waals surface area contributed by atoms with Crippen LogP contribution in [-0.2, 0) is 25.7 Å². The van der Waals surface area contributed by atoms with Crippen molar-refractivity contribution in [2.75, 3.05) is 6.54 Å². The Bertz CT molecular complexity index is 879. The number of hydrogen-bond acceptors (Lipinski definition) is 5. The van der Waals surface area contributed by atoms with Crippen LogP contribution in [0.3, 0.4) is 0 Å². The Morgan fingerprint density at radius 3 is 2.80 bits per heavy atom. The van der Waals surface area contributed by atoms with Gasteiger partial charge in [-0.15, -0.1) is 0 Å². The van der Waals surface area contributed by atoms with Crippen LogP contribution in [0.2, 0.25) is 0 Å². The van der Waals surface area contributed by atoms with Gasteiger partial charge in [-0.05, 0) is 5.56 Å². The van der Waals surface area contributed by atoms with Crippen LogP contribution in [0, 0.1) is 10.1 Å². The fourth-order valence-electron chi connectivity index (χ4n) is 2.78. The molecule has 10 heteroatoms. The molecule has 3 rings (SSSR count). The maximum absolute atomic E-state index is 12.7. The lowest BCUT2D eigenvalue weighted by Crippen LogP contribution is -2.36. The molecule has 7 nitrogen and oxygen atoms in total. The normalized spacial score (nSPS) is 15.0. The van der Waals surface area contributed by atoms with E-state index in [1.807, 2.05) is 4.90 Å². The summed E-state index contributed by atoms with van der Waals surface area (Å²) in [5, 5.41) is 10.8. The van der Waals surface area contributed by atoms with Gasteiger partial charge in [-0.3, -0.25) is 19.8 Å². The third kappa shape index (κ3) is 3.68. The Morgan fingerprint density at radius 1 is 1.36 bits per heavy atom. The summed E-state index contributed by atoms with van der Waals surface area (Å²) < 4.78 is 38.1. The minimum Gasteiger partial charge on any atom is -0.303 e. The first-order valence-electron chi connectivity index (χ1n) is 7.39. The van der Waals surface area contributed by atoms with Crippen LogP contribution in [-0.4, -0.2) is 26.3 Å². The zero-order chi connectivity index (χ0) is 18.2. The summed E-state index contributed by atoms with van der Waals surface area (Å²) in [5.41, 5.74) is 0.190. The fourth-order valence-corrected chi connectivity index (χ4v) is 2.78. The number of hydrogen-bond donors (Lipinski definition) is 1. The quantitative estimate of drug-likeness (QED) is 0.674. The Labute approximate surface area is 139 Å². The predicted octanol–water partition coefficient (Wildman–Crippen LogP) is 2.26. The molecule has 1 aliphatic rings. The minimum atomic E-state index is -4.70. The molecule has 2 heterocycles. The molecule has 0 bridgehead atoms. The van der Waals surface area contributed by atoms with Gasteiger partial charge in [-0.1, -0.05) is 12.1 Å². The van der Waals surface area contributed by atoms with E-state index >= 15 is 0 Å². The van der Waals surface area contributed by atoms with E-state index in [-0.39, 0.29) is 29.9 Å². The van der Waals surface area contributed by atoms with Crippen LogP contribution in [0.4, 0.5) is 18.9 Å². The molecule has 0 aliphatic carbocycles. The molecular formula is C15H13F3N4O3. The molecule has 0 amide bonds. The van der Waals surface area contributed by atoms with Crippen LogP contribution >= 0.6 is 0 Å². The number of benzene rings is 1. The van der Waals surface area contributed by atoms with Gasteiger partial charge in [-0.25, -0.2) is 4.98 Å². The molecule has 0 fully saturated rings. The highest BCUT2D eigenvalue weighted by molar-refractivity contribution is 5.34. The number of rotatable bonds is 3. The Kier molecular flexibility index (Phi) is 4.29. The van der Waals surface area contributed by atoms with Crippen molar-refractivity contribution < 1.29 is 18.1 Å². The Morgan fingerprint density at radius 2 is 2.12 bits per heavy atom. The second-order valence-electron chi connectivity index (χ2n) is 5.73. The molecular weight excluding hydrogens is 341 g/mol. The summed E-state index contributed by atoms with van der Waals surface area (Å²) in [5.74, 6) is -1.29. The number of halogens is 3. The van der Waals surface area contributed by atoms with E-state index in [2.05, 4.69) is 4.98 Å². The van der Waals surface area contributed by atoms with Gasteiger partial charge >= 0.3 is 6.18 Å². The Balaban J connectivity index is 1.81. The number of H-pyrrole nitrogens is 1. The molecule has 1 aromatic heterocycles. The summed E-state index contributed by atoms with van der Waals surface area (Å²) in [4.78, 5) is 29.4. The highest BCUT2D eigenvalue weighted by Gasteiger charge is 2.35. The zero-order valence-corrected chi connectivity index (χ0v) is 12.8. The van der Waals surface area contributed by atoms with Crippen LogP contribution in [0.5, 0.6) is 0 Å². The summed E-state index contributed by atoms with van der Waals surface area (Å²) in [7, 11) is 0. The number of non-ortho nitro benzene ring substituents is 1. The number of fused-ring (bicyclic) bond motifs is 1. The van der Waals surface area contributed by atoms with E-state index in [0.29, 0.717) is 18.7 Å². The number of nitro benzene ring substituents is 1. The van der Waals surface area contributed by atoms with Gasteiger partial charge in [-0.2, -0.15) is 13.2 Å². The van der Waals surface area contributed by atoms with E-state index in [1.54, 1.807) is 17.1 Å². The first kappa shape index (κ1) is 17.1. The van der Waals surface area contributed by atoms with Crippen molar-refractivity contribution in [2.24, 2.45) is 0 Å². The van der Waals surface area contributed by atoms with Gasteiger partial charge in [0.2, 0.25) is 5.82 Å². The molecule has 2 aromatic rings. The van der Waals surface area contributed by atoms with E-state index < -0.39 is 22.5 Å². The first-order valence-corrected chi connectivity index (χ1v) is 7.39. The van der Waals surface area contributed by atoms with Gasteiger partial charge in [0.05, 0.1) is 16.2 Å². The van der Waals surface area contributed by atoms with Crippen molar-refractivity contribution in [1.82, 2.24) is 14.9 Å². The maximum atomic E-state index is 12.7. The summed E-state index contributed by atoms with van der Waals surface area (Å²) in [6.45, 7) is 0.892. The van der Waals surface area contributed by atoms with Crippen molar-refractivity contribution in [2.45, 2.75) is 25.7 Å². The molecule has 132 valence electrons. The Hall–Kier alpha value is -2.75. The van der Waals surface area contributed by atoms with Gasteiger partial charge in [0.25, 0.3) is 11.2 Å². The molecule has 25 heavy (non-hydrogen) atoms. The van der Waals surface area contributed by atoms with Crippen molar-refractivity contribution in [3.05, 3.63) is 67.4 Å². The molecule has 0 saturated carbocycles. The molecule has 1 aromatic carbocycles. The van der Waals surface area contributed by atoms with Crippen molar-refractivity contribution in [3.8, 4) is 0 Å². The number of nitro groups is 1. The average Bonchev–Trinajstić information content (AvgIpc) is 2.54. The molecule has 0 atom stereocenters. The molecule has 0 spiro atoms. The highest BCUT2D eigenvalue weighted by atomic mass is 19.4. The lowest BCUT2D eigenvalue weighted by Gasteiger charge is -2.27. The SMILES string of the molecule is O=c1[nH]c(C(F)(F)F)nc2c1CN(Cc1cccc([N+](=O)[O-])c1)CC2. The van der Waals surface area contributed by atoms with Gasteiger partial charge < -0.3 is 4.98 Å². The van der Waals surface area contributed by atoms with E-state index in [1.165, 1.54) is 12.1 Å². The predicted molar refractivity (Wildman–Crippen MR) is 80.8 cm³/mol. The minimum absolute atomic E-state index is 0.0377. The van der Waals surface area contributed by atoms with E-state index in [9.17, 15) is 28.1 Å². The second-order valence-corrected chi connectivity index (χ2v) is 5.73. The van der Waals surface area contributed by atoms with Gasteiger partial charge in [0.1, 0.15) is 0 Å².